The standard InChI is InChI=1S/C12H12N2O3S/c1-7-3-8(2)14(4-9-5-18-6-13-9)11(15)10(7)12(16)17/h3,5-6H,4H2,1-2H3,(H,16,17). The highest BCUT2D eigenvalue weighted by Gasteiger charge is 2.16. The van der Waals surface area contributed by atoms with E-state index in [2.05, 4.69) is 4.98 Å². The lowest BCUT2D eigenvalue weighted by Crippen LogP contribution is -2.29. The van der Waals surface area contributed by atoms with Crippen LogP contribution in [0.4, 0.5) is 0 Å². The maximum atomic E-state index is 12.1. The van der Waals surface area contributed by atoms with Gasteiger partial charge in [-0.15, -0.1) is 11.3 Å². The minimum absolute atomic E-state index is 0.171. The zero-order valence-corrected chi connectivity index (χ0v) is 10.8. The summed E-state index contributed by atoms with van der Waals surface area (Å²) in [5, 5.41) is 10.9. The van der Waals surface area contributed by atoms with Gasteiger partial charge in [0.2, 0.25) is 0 Å². The molecule has 5 nitrogen and oxygen atoms in total. The average molecular weight is 264 g/mol. The number of carbonyl (C=O) groups is 1. The lowest BCUT2D eigenvalue weighted by atomic mass is 10.1. The Morgan fingerprint density at radius 1 is 1.50 bits per heavy atom. The van der Waals surface area contributed by atoms with Crippen LogP contribution in [0.3, 0.4) is 0 Å². The number of hydrogen-bond acceptors (Lipinski definition) is 4. The van der Waals surface area contributed by atoms with E-state index < -0.39 is 11.5 Å². The van der Waals surface area contributed by atoms with E-state index in [4.69, 9.17) is 5.11 Å². The summed E-state index contributed by atoms with van der Waals surface area (Å²) in [5.74, 6) is -1.19. The first kappa shape index (κ1) is 12.5. The predicted octanol–water partition coefficient (Wildman–Crippen LogP) is 1.67. The number of rotatable bonds is 3. The van der Waals surface area contributed by atoms with Crippen LogP contribution in [0.1, 0.15) is 27.3 Å². The second kappa shape index (κ2) is 4.73. The molecule has 2 heterocycles. The largest absolute Gasteiger partial charge is 0.477 e. The molecule has 0 aliphatic heterocycles. The number of aromatic nitrogens is 2. The number of carboxylic acids is 1. The first-order valence-corrected chi connectivity index (χ1v) is 6.26. The molecular weight excluding hydrogens is 252 g/mol. The summed E-state index contributed by atoms with van der Waals surface area (Å²) in [7, 11) is 0. The van der Waals surface area contributed by atoms with Crippen molar-refractivity contribution in [3.05, 3.63) is 49.8 Å². The molecule has 0 radical (unpaired) electrons. The third-order valence-electron chi connectivity index (χ3n) is 2.72. The molecule has 1 N–H and O–H groups in total. The molecule has 0 unspecified atom stereocenters. The highest BCUT2D eigenvalue weighted by molar-refractivity contribution is 7.07. The average Bonchev–Trinajstić information content (AvgIpc) is 2.75. The molecule has 6 heteroatoms. The molecule has 2 aromatic heterocycles. The van der Waals surface area contributed by atoms with Crippen molar-refractivity contribution >= 4 is 17.3 Å². The van der Waals surface area contributed by atoms with Gasteiger partial charge < -0.3 is 9.67 Å². The van der Waals surface area contributed by atoms with Crippen molar-refractivity contribution in [1.82, 2.24) is 9.55 Å². The van der Waals surface area contributed by atoms with Gasteiger partial charge in [-0.1, -0.05) is 0 Å². The molecule has 0 aromatic carbocycles. The third kappa shape index (κ3) is 2.19. The molecule has 0 aliphatic rings. The third-order valence-corrected chi connectivity index (χ3v) is 3.36. The first-order chi connectivity index (χ1) is 8.50. The van der Waals surface area contributed by atoms with E-state index in [9.17, 15) is 9.59 Å². The number of aromatic carboxylic acids is 1. The molecule has 0 fully saturated rings. The van der Waals surface area contributed by atoms with Gasteiger partial charge in [-0.05, 0) is 25.5 Å². The lowest BCUT2D eigenvalue weighted by molar-refractivity contribution is 0.0693. The molecule has 0 atom stereocenters. The van der Waals surface area contributed by atoms with Crippen molar-refractivity contribution in [2.24, 2.45) is 0 Å². The number of thiazole rings is 1. The Hall–Kier alpha value is -1.95. The van der Waals surface area contributed by atoms with Crippen LogP contribution in [0.25, 0.3) is 0 Å². The van der Waals surface area contributed by atoms with Crippen LogP contribution in [0.2, 0.25) is 0 Å². The summed E-state index contributed by atoms with van der Waals surface area (Å²) in [4.78, 5) is 27.3. The van der Waals surface area contributed by atoms with Crippen molar-refractivity contribution in [3.8, 4) is 0 Å². The van der Waals surface area contributed by atoms with E-state index in [0.29, 0.717) is 12.1 Å². The van der Waals surface area contributed by atoms with Gasteiger partial charge in [0.15, 0.2) is 0 Å². The quantitative estimate of drug-likeness (QED) is 0.915. The fourth-order valence-electron chi connectivity index (χ4n) is 1.86. The van der Waals surface area contributed by atoms with Gasteiger partial charge in [-0.3, -0.25) is 4.79 Å². The maximum absolute atomic E-state index is 12.1. The van der Waals surface area contributed by atoms with E-state index in [1.165, 1.54) is 15.9 Å². The van der Waals surface area contributed by atoms with Crippen molar-refractivity contribution in [2.45, 2.75) is 20.4 Å². The Morgan fingerprint density at radius 2 is 2.22 bits per heavy atom. The highest BCUT2D eigenvalue weighted by atomic mass is 32.1. The molecule has 0 saturated heterocycles. The van der Waals surface area contributed by atoms with Crippen LogP contribution in [-0.4, -0.2) is 20.6 Å². The Kier molecular flexibility index (Phi) is 3.29. The van der Waals surface area contributed by atoms with Gasteiger partial charge in [0.25, 0.3) is 5.56 Å². The van der Waals surface area contributed by atoms with Crippen molar-refractivity contribution < 1.29 is 9.90 Å². The Bertz CT molecular complexity index is 644. The molecule has 2 rings (SSSR count). The molecular formula is C12H12N2O3S. The topological polar surface area (TPSA) is 72.2 Å². The van der Waals surface area contributed by atoms with E-state index in [0.717, 1.165) is 11.4 Å². The van der Waals surface area contributed by atoms with Gasteiger partial charge in [-0.2, -0.15) is 0 Å². The Labute approximate surface area is 107 Å². The summed E-state index contributed by atoms with van der Waals surface area (Å²) in [6.45, 7) is 3.71. The summed E-state index contributed by atoms with van der Waals surface area (Å²) in [6.07, 6.45) is 0. The van der Waals surface area contributed by atoms with Crippen LogP contribution in [-0.2, 0) is 6.54 Å². The Balaban J connectivity index is 2.57. The lowest BCUT2D eigenvalue weighted by Gasteiger charge is -2.11. The fraction of sp³-hybridized carbons (Fsp3) is 0.250. The van der Waals surface area contributed by atoms with Crippen LogP contribution < -0.4 is 5.56 Å². The summed E-state index contributed by atoms with van der Waals surface area (Å²) >= 11 is 1.44. The second-order valence-electron chi connectivity index (χ2n) is 4.02. The SMILES string of the molecule is Cc1cc(C)n(Cc2cscn2)c(=O)c1C(=O)O. The summed E-state index contributed by atoms with van der Waals surface area (Å²) in [5.41, 5.74) is 3.01. The van der Waals surface area contributed by atoms with Crippen LogP contribution in [0.5, 0.6) is 0 Å². The van der Waals surface area contributed by atoms with Crippen molar-refractivity contribution in [1.29, 1.82) is 0 Å². The minimum atomic E-state index is -1.19. The maximum Gasteiger partial charge on any atom is 0.341 e. The number of carboxylic acid groups (broad SMARTS) is 1. The zero-order chi connectivity index (χ0) is 13.3. The summed E-state index contributed by atoms with van der Waals surface area (Å²) in [6, 6.07) is 1.71. The van der Waals surface area contributed by atoms with Crippen LogP contribution in [0, 0.1) is 13.8 Å². The van der Waals surface area contributed by atoms with Gasteiger partial charge in [-0.25, -0.2) is 9.78 Å². The molecule has 0 bridgehead atoms. The predicted molar refractivity (Wildman–Crippen MR) is 68.4 cm³/mol. The fourth-order valence-corrected chi connectivity index (χ4v) is 2.41. The normalized spacial score (nSPS) is 10.6. The number of pyridine rings is 1. The zero-order valence-electron chi connectivity index (χ0n) is 10.0. The van der Waals surface area contributed by atoms with Gasteiger partial charge in [0, 0.05) is 11.1 Å². The number of nitrogens with zero attached hydrogens (tertiary/aromatic N) is 2. The molecule has 0 spiro atoms. The monoisotopic (exact) mass is 264 g/mol. The Morgan fingerprint density at radius 3 is 2.78 bits per heavy atom. The number of hydrogen-bond donors (Lipinski definition) is 1. The molecule has 0 aliphatic carbocycles. The van der Waals surface area contributed by atoms with Gasteiger partial charge in [0.1, 0.15) is 5.56 Å². The first-order valence-electron chi connectivity index (χ1n) is 5.32. The molecule has 18 heavy (non-hydrogen) atoms. The van der Waals surface area contributed by atoms with Crippen molar-refractivity contribution in [2.75, 3.05) is 0 Å². The van der Waals surface area contributed by atoms with Crippen molar-refractivity contribution in [3.63, 3.8) is 0 Å². The smallest absolute Gasteiger partial charge is 0.341 e. The highest BCUT2D eigenvalue weighted by Crippen LogP contribution is 2.09. The minimum Gasteiger partial charge on any atom is -0.477 e. The molecule has 0 saturated carbocycles. The molecule has 94 valence electrons. The molecule has 0 amide bonds. The van der Waals surface area contributed by atoms with Gasteiger partial charge >= 0.3 is 5.97 Å². The van der Waals surface area contributed by atoms with E-state index in [1.54, 1.807) is 25.4 Å². The second-order valence-corrected chi connectivity index (χ2v) is 4.74. The summed E-state index contributed by atoms with van der Waals surface area (Å²) < 4.78 is 1.44. The van der Waals surface area contributed by atoms with Crippen LogP contribution in [0.15, 0.2) is 21.8 Å². The van der Waals surface area contributed by atoms with Gasteiger partial charge in [0.05, 0.1) is 17.7 Å². The van der Waals surface area contributed by atoms with E-state index in [-0.39, 0.29) is 5.56 Å². The molecule has 2 aromatic rings. The number of aryl methyl sites for hydroxylation is 2. The van der Waals surface area contributed by atoms with Crippen LogP contribution >= 0.6 is 11.3 Å². The van der Waals surface area contributed by atoms with E-state index >= 15 is 0 Å². The van der Waals surface area contributed by atoms with E-state index in [1.807, 2.05) is 5.38 Å².